The van der Waals surface area contributed by atoms with Crippen LogP contribution in [-0.2, 0) is 6.54 Å². The highest BCUT2D eigenvalue weighted by molar-refractivity contribution is 9.10. The van der Waals surface area contributed by atoms with Crippen LogP contribution in [0.5, 0.6) is 0 Å². The summed E-state index contributed by atoms with van der Waals surface area (Å²) in [4.78, 5) is 16.5. The van der Waals surface area contributed by atoms with Gasteiger partial charge in [-0.05, 0) is 33.6 Å². The van der Waals surface area contributed by atoms with Crippen molar-refractivity contribution in [3.63, 3.8) is 0 Å². The molecule has 0 bridgehead atoms. The monoisotopic (exact) mass is 355 g/mol. The highest BCUT2D eigenvalue weighted by Gasteiger charge is 2.19. The molecule has 0 spiro atoms. The number of halogens is 2. The number of rotatable bonds is 4. The van der Waals surface area contributed by atoms with Crippen molar-refractivity contribution in [2.45, 2.75) is 6.54 Å². The van der Waals surface area contributed by atoms with E-state index in [1.54, 1.807) is 30.3 Å². The molecule has 0 amide bonds. The first-order chi connectivity index (χ1) is 9.47. The van der Waals surface area contributed by atoms with Gasteiger partial charge in [0.25, 0.3) is 0 Å². The Morgan fingerprint density at radius 2 is 2.05 bits per heavy atom. The summed E-state index contributed by atoms with van der Waals surface area (Å²) in [7, 11) is 1.76. The molecule has 1 heterocycles. The van der Waals surface area contributed by atoms with Gasteiger partial charge in [0.05, 0.1) is 4.92 Å². The van der Waals surface area contributed by atoms with Gasteiger partial charge in [-0.3, -0.25) is 10.1 Å². The number of nitro groups is 1. The number of benzene rings is 1. The molecule has 0 saturated carbocycles. The molecule has 2 rings (SSSR count). The van der Waals surface area contributed by atoms with Gasteiger partial charge in [0, 0.05) is 35.4 Å². The third-order valence-corrected chi connectivity index (χ3v) is 3.39. The van der Waals surface area contributed by atoms with E-state index in [1.807, 2.05) is 12.1 Å². The lowest BCUT2D eigenvalue weighted by molar-refractivity contribution is -0.384. The van der Waals surface area contributed by atoms with Gasteiger partial charge in [-0.1, -0.05) is 23.7 Å². The van der Waals surface area contributed by atoms with E-state index in [4.69, 9.17) is 11.6 Å². The number of pyridine rings is 1. The summed E-state index contributed by atoms with van der Waals surface area (Å²) in [6.07, 6.45) is 1.54. The molecule has 20 heavy (non-hydrogen) atoms. The van der Waals surface area contributed by atoms with E-state index in [0.29, 0.717) is 21.9 Å². The van der Waals surface area contributed by atoms with Crippen LogP contribution in [0.1, 0.15) is 5.56 Å². The SMILES string of the molecule is CN(Cc1ccc(Cl)cc1)c1ncc(Br)cc1[N+](=O)[O-]. The van der Waals surface area contributed by atoms with Crippen LogP contribution in [0, 0.1) is 10.1 Å². The molecule has 2 aromatic rings. The molecule has 0 aliphatic heterocycles. The fourth-order valence-electron chi connectivity index (χ4n) is 1.79. The van der Waals surface area contributed by atoms with Gasteiger partial charge < -0.3 is 4.90 Å². The molecule has 0 fully saturated rings. The smallest absolute Gasteiger partial charge is 0.312 e. The second kappa shape index (κ2) is 6.19. The van der Waals surface area contributed by atoms with Crippen molar-refractivity contribution in [1.29, 1.82) is 0 Å². The zero-order valence-corrected chi connectivity index (χ0v) is 12.9. The first-order valence-corrected chi connectivity index (χ1v) is 6.90. The summed E-state index contributed by atoms with van der Waals surface area (Å²) in [5.41, 5.74) is 0.965. The first-order valence-electron chi connectivity index (χ1n) is 5.73. The molecule has 7 heteroatoms. The lowest BCUT2D eigenvalue weighted by atomic mass is 10.2. The zero-order valence-electron chi connectivity index (χ0n) is 10.6. The number of hydrogen-bond acceptors (Lipinski definition) is 4. The van der Waals surface area contributed by atoms with E-state index in [1.165, 1.54) is 6.07 Å². The third-order valence-electron chi connectivity index (χ3n) is 2.71. The van der Waals surface area contributed by atoms with Crippen LogP contribution in [0.25, 0.3) is 0 Å². The van der Waals surface area contributed by atoms with Crippen LogP contribution in [0.15, 0.2) is 41.0 Å². The van der Waals surface area contributed by atoms with Gasteiger partial charge in [-0.25, -0.2) is 4.98 Å². The van der Waals surface area contributed by atoms with Crippen molar-refractivity contribution >= 4 is 39.0 Å². The molecule has 1 aromatic heterocycles. The number of hydrogen-bond donors (Lipinski definition) is 0. The van der Waals surface area contributed by atoms with Crippen molar-refractivity contribution in [1.82, 2.24) is 4.98 Å². The average molecular weight is 357 g/mol. The summed E-state index contributed by atoms with van der Waals surface area (Å²) in [5.74, 6) is 0.327. The zero-order chi connectivity index (χ0) is 14.7. The molecule has 0 unspecified atom stereocenters. The van der Waals surface area contributed by atoms with Crippen LogP contribution < -0.4 is 4.90 Å². The van der Waals surface area contributed by atoms with Crippen LogP contribution in [-0.4, -0.2) is 17.0 Å². The van der Waals surface area contributed by atoms with E-state index < -0.39 is 4.92 Å². The van der Waals surface area contributed by atoms with Crippen LogP contribution in [0.2, 0.25) is 5.02 Å². The lowest BCUT2D eigenvalue weighted by Gasteiger charge is -2.18. The lowest BCUT2D eigenvalue weighted by Crippen LogP contribution is -2.19. The summed E-state index contributed by atoms with van der Waals surface area (Å²) in [6, 6.07) is 8.77. The average Bonchev–Trinajstić information content (AvgIpc) is 2.41. The van der Waals surface area contributed by atoms with Gasteiger partial charge in [-0.15, -0.1) is 0 Å². The predicted octanol–water partition coefficient (Wildman–Crippen LogP) is 4.04. The maximum absolute atomic E-state index is 11.1. The second-order valence-electron chi connectivity index (χ2n) is 4.24. The Bertz CT molecular complexity index is 634. The standard InChI is InChI=1S/C13H11BrClN3O2/c1-17(8-9-2-4-11(15)5-3-9)13-12(18(19)20)6-10(14)7-16-13/h2-7H,8H2,1H3. The molecule has 0 N–H and O–H groups in total. The minimum atomic E-state index is -0.439. The Labute approximate surface area is 129 Å². The summed E-state index contributed by atoms with van der Waals surface area (Å²) in [5, 5.41) is 11.7. The van der Waals surface area contributed by atoms with E-state index in [0.717, 1.165) is 5.56 Å². The predicted molar refractivity (Wildman–Crippen MR) is 82.2 cm³/mol. The van der Waals surface area contributed by atoms with Crippen molar-refractivity contribution in [2.75, 3.05) is 11.9 Å². The van der Waals surface area contributed by atoms with Gasteiger partial charge >= 0.3 is 5.69 Å². The number of anilines is 1. The second-order valence-corrected chi connectivity index (χ2v) is 5.59. The summed E-state index contributed by atoms with van der Waals surface area (Å²) >= 11 is 9.02. The van der Waals surface area contributed by atoms with Gasteiger partial charge in [0.2, 0.25) is 5.82 Å². The van der Waals surface area contributed by atoms with E-state index >= 15 is 0 Å². The highest BCUT2D eigenvalue weighted by atomic mass is 79.9. The number of aromatic nitrogens is 1. The summed E-state index contributed by atoms with van der Waals surface area (Å²) < 4.78 is 0.577. The van der Waals surface area contributed by atoms with Gasteiger partial charge in [-0.2, -0.15) is 0 Å². The van der Waals surface area contributed by atoms with Crippen LogP contribution in [0.3, 0.4) is 0 Å². The van der Waals surface area contributed by atoms with E-state index in [9.17, 15) is 10.1 Å². The van der Waals surface area contributed by atoms with Crippen LogP contribution >= 0.6 is 27.5 Å². The Balaban J connectivity index is 2.27. The van der Waals surface area contributed by atoms with E-state index in [2.05, 4.69) is 20.9 Å². The molecule has 5 nitrogen and oxygen atoms in total. The molecule has 104 valence electrons. The van der Waals surface area contributed by atoms with Gasteiger partial charge in [0.15, 0.2) is 0 Å². The number of nitrogens with zero attached hydrogens (tertiary/aromatic N) is 3. The third kappa shape index (κ3) is 3.46. The maximum atomic E-state index is 11.1. The van der Waals surface area contributed by atoms with Crippen molar-refractivity contribution < 1.29 is 4.92 Å². The molecular formula is C13H11BrClN3O2. The Hall–Kier alpha value is -1.66. The molecule has 1 aromatic carbocycles. The summed E-state index contributed by atoms with van der Waals surface area (Å²) in [6.45, 7) is 0.507. The molecule has 0 atom stereocenters. The quantitative estimate of drug-likeness (QED) is 0.613. The minimum Gasteiger partial charge on any atom is -0.350 e. The van der Waals surface area contributed by atoms with Crippen molar-refractivity contribution in [3.8, 4) is 0 Å². The normalized spacial score (nSPS) is 10.3. The van der Waals surface area contributed by atoms with E-state index in [-0.39, 0.29) is 5.69 Å². The maximum Gasteiger partial charge on any atom is 0.312 e. The largest absolute Gasteiger partial charge is 0.350 e. The molecule has 0 saturated heterocycles. The van der Waals surface area contributed by atoms with Crippen molar-refractivity contribution in [3.05, 3.63) is 61.7 Å². The highest BCUT2D eigenvalue weighted by Crippen LogP contribution is 2.28. The molecule has 0 aliphatic rings. The molecular weight excluding hydrogens is 346 g/mol. The Kier molecular flexibility index (Phi) is 4.57. The van der Waals surface area contributed by atoms with Crippen molar-refractivity contribution in [2.24, 2.45) is 0 Å². The Morgan fingerprint density at radius 1 is 1.40 bits per heavy atom. The minimum absolute atomic E-state index is 0.0316. The fourth-order valence-corrected chi connectivity index (χ4v) is 2.23. The van der Waals surface area contributed by atoms with Crippen LogP contribution in [0.4, 0.5) is 11.5 Å². The topological polar surface area (TPSA) is 59.3 Å². The molecule has 0 radical (unpaired) electrons. The molecule has 0 aliphatic carbocycles. The fraction of sp³-hybridized carbons (Fsp3) is 0.154. The first kappa shape index (κ1) is 14.7. The van der Waals surface area contributed by atoms with Gasteiger partial charge in [0.1, 0.15) is 0 Å². The Morgan fingerprint density at radius 3 is 2.65 bits per heavy atom.